The topological polar surface area (TPSA) is 87.2 Å². The van der Waals surface area contributed by atoms with E-state index in [9.17, 15) is 18.8 Å². The van der Waals surface area contributed by atoms with Gasteiger partial charge in [0.25, 0.3) is 5.91 Å². The second-order valence-corrected chi connectivity index (χ2v) is 6.40. The van der Waals surface area contributed by atoms with Gasteiger partial charge in [-0.1, -0.05) is 12.1 Å². The number of piperidine rings is 1. The number of carbonyl (C=O) groups excluding carboxylic acids is 2. The number of carbonyl (C=O) groups is 3. The maximum atomic E-state index is 13.6. The van der Waals surface area contributed by atoms with Crippen LogP contribution in [0.4, 0.5) is 4.39 Å². The molecule has 8 heteroatoms. The molecule has 1 saturated heterocycles. The second-order valence-electron chi connectivity index (χ2n) is 6.40. The standard InChI is InChI=1S/C18H23FN2O5/c1-12(26-15-8-4-3-7-14(15)19)17(23)20(2)11-16(22)21-9-5-6-13(10-21)18(24)25/h3-4,7-8,12-13H,5-6,9-11H2,1-2H3,(H,24,25). The average molecular weight is 366 g/mol. The Morgan fingerprint density at radius 2 is 2.08 bits per heavy atom. The lowest BCUT2D eigenvalue weighted by Gasteiger charge is -2.32. The summed E-state index contributed by atoms with van der Waals surface area (Å²) in [5, 5.41) is 9.09. The van der Waals surface area contributed by atoms with Gasteiger partial charge in [-0.3, -0.25) is 14.4 Å². The second kappa shape index (κ2) is 8.64. The number of likely N-dealkylation sites (tertiary alicyclic amines) is 1. The fourth-order valence-corrected chi connectivity index (χ4v) is 2.88. The first-order valence-corrected chi connectivity index (χ1v) is 8.46. The van der Waals surface area contributed by atoms with Crippen molar-refractivity contribution in [2.24, 2.45) is 5.92 Å². The summed E-state index contributed by atoms with van der Waals surface area (Å²) >= 11 is 0. The fourth-order valence-electron chi connectivity index (χ4n) is 2.88. The van der Waals surface area contributed by atoms with Gasteiger partial charge in [-0.05, 0) is 31.9 Å². The van der Waals surface area contributed by atoms with Gasteiger partial charge < -0.3 is 19.6 Å². The molecule has 1 fully saturated rings. The number of ether oxygens (including phenoxy) is 1. The molecule has 2 amide bonds. The Bertz CT molecular complexity index is 681. The number of hydrogen-bond donors (Lipinski definition) is 1. The molecule has 0 spiro atoms. The first-order chi connectivity index (χ1) is 12.3. The SMILES string of the molecule is CC(Oc1ccccc1F)C(=O)N(C)CC(=O)N1CCCC(C(=O)O)C1. The summed E-state index contributed by atoms with van der Waals surface area (Å²) in [6, 6.07) is 5.76. The molecule has 1 aliphatic rings. The normalized spacial score (nSPS) is 18.1. The van der Waals surface area contributed by atoms with Crippen molar-refractivity contribution in [2.75, 3.05) is 26.7 Å². The Kier molecular flexibility index (Phi) is 6.54. The molecule has 26 heavy (non-hydrogen) atoms. The summed E-state index contributed by atoms with van der Waals surface area (Å²) in [4.78, 5) is 38.5. The van der Waals surface area contributed by atoms with E-state index in [0.717, 1.165) is 0 Å². The van der Waals surface area contributed by atoms with Gasteiger partial charge in [0.2, 0.25) is 5.91 Å². The van der Waals surface area contributed by atoms with E-state index in [1.54, 1.807) is 6.07 Å². The number of halogens is 1. The minimum Gasteiger partial charge on any atom is -0.481 e. The van der Waals surface area contributed by atoms with Crippen LogP contribution in [0.3, 0.4) is 0 Å². The third-order valence-corrected chi connectivity index (χ3v) is 4.36. The highest BCUT2D eigenvalue weighted by molar-refractivity contribution is 5.87. The van der Waals surface area contributed by atoms with Crippen molar-refractivity contribution in [1.29, 1.82) is 0 Å². The highest BCUT2D eigenvalue weighted by Crippen LogP contribution is 2.18. The predicted octanol–water partition coefficient (Wildman–Crippen LogP) is 1.37. The minimum atomic E-state index is -0.960. The van der Waals surface area contributed by atoms with Gasteiger partial charge >= 0.3 is 5.97 Å². The van der Waals surface area contributed by atoms with E-state index in [1.165, 1.54) is 42.0 Å². The van der Waals surface area contributed by atoms with Crippen molar-refractivity contribution in [3.63, 3.8) is 0 Å². The van der Waals surface area contributed by atoms with E-state index in [1.807, 2.05) is 0 Å². The van der Waals surface area contributed by atoms with E-state index in [0.29, 0.717) is 19.4 Å². The van der Waals surface area contributed by atoms with E-state index in [-0.39, 0.29) is 24.7 Å². The first kappa shape index (κ1) is 19.7. The number of rotatable bonds is 6. The largest absolute Gasteiger partial charge is 0.481 e. The highest BCUT2D eigenvalue weighted by atomic mass is 19.1. The minimum absolute atomic E-state index is 0.0339. The molecule has 1 heterocycles. The van der Waals surface area contributed by atoms with Crippen LogP contribution < -0.4 is 4.74 Å². The summed E-state index contributed by atoms with van der Waals surface area (Å²) in [5.74, 6) is -2.87. The van der Waals surface area contributed by atoms with Crippen LogP contribution in [0, 0.1) is 11.7 Å². The van der Waals surface area contributed by atoms with Crippen LogP contribution in [0.2, 0.25) is 0 Å². The van der Waals surface area contributed by atoms with Gasteiger partial charge in [-0.2, -0.15) is 0 Å². The molecule has 0 aromatic heterocycles. The fraction of sp³-hybridized carbons (Fsp3) is 0.500. The van der Waals surface area contributed by atoms with Crippen LogP contribution in [-0.2, 0) is 14.4 Å². The van der Waals surface area contributed by atoms with Crippen molar-refractivity contribution in [1.82, 2.24) is 9.80 Å². The number of nitrogens with zero attached hydrogens (tertiary/aromatic N) is 2. The summed E-state index contributed by atoms with van der Waals surface area (Å²) in [6.07, 6.45) is 0.201. The summed E-state index contributed by atoms with van der Waals surface area (Å²) in [6.45, 7) is 1.93. The number of para-hydroxylation sites is 1. The van der Waals surface area contributed by atoms with E-state index < -0.39 is 29.7 Å². The molecule has 7 nitrogen and oxygen atoms in total. The molecule has 0 bridgehead atoms. The van der Waals surface area contributed by atoms with Crippen LogP contribution in [0.1, 0.15) is 19.8 Å². The number of carboxylic acid groups (broad SMARTS) is 1. The molecule has 2 unspecified atom stereocenters. The lowest BCUT2D eigenvalue weighted by Crippen LogP contribution is -2.48. The predicted molar refractivity (Wildman–Crippen MR) is 91.1 cm³/mol. The molecule has 1 aliphatic heterocycles. The van der Waals surface area contributed by atoms with Gasteiger partial charge in [0.15, 0.2) is 17.7 Å². The molecule has 2 atom stereocenters. The zero-order valence-electron chi connectivity index (χ0n) is 14.9. The average Bonchev–Trinajstić information content (AvgIpc) is 2.62. The molecule has 1 aromatic rings. The third-order valence-electron chi connectivity index (χ3n) is 4.36. The van der Waals surface area contributed by atoms with Crippen LogP contribution in [0.5, 0.6) is 5.75 Å². The van der Waals surface area contributed by atoms with Gasteiger partial charge in [-0.15, -0.1) is 0 Å². The maximum absolute atomic E-state index is 13.6. The molecule has 1 N–H and O–H groups in total. The van der Waals surface area contributed by atoms with Crippen molar-refractivity contribution >= 4 is 17.8 Å². The number of aliphatic carboxylic acids is 1. The highest BCUT2D eigenvalue weighted by Gasteiger charge is 2.30. The summed E-state index contributed by atoms with van der Waals surface area (Å²) in [5.41, 5.74) is 0. The Labute approximate surface area is 151 Å². The zero-order valence-corrected chi connectivity index (χ0v) is 14.9. The van der Waals surface area contributed by atoms with Crippen LogP contribution >= 0.6 is 0 Å². The van der Waals surface area contributed by atoms with Gasteiger partial charge in [-0.25, -0.2) is 4.39 Å². The Morgan fingerprint density at radius 1 is 1.38 bits per heavy atom. The summed E-state index contributed by atoms with van der Waals surface area (Å²) in [7, 11) is 1.46. The first-order valence-electron chi connectivity index (χ1n) is 8.46. The molecule has 0 aliphatic carbocycles. The molecular weight excluding hydrogens is 343 g/mol. The zero-order chi connectivity index (χ0) is 19.3. The Hall–Kier alpha value is -2.64. The quantitative estimate of drug-likeness (QED) is 0.822. The molecule has 2 rings (SSSR count). The van der Waals surface area contributed by atoms with Crippen molar-refractivity contribution in [2.45, 2.75) is 25.9 Å². The summed E-state index contributed by atoms with van der Waals surface area (Å²) < 4.78 is 18.9. The molecule has 0 radical (unpaired) electrons. The van der Waals surface area contributed by atoms with E-state index in [4.69, 9.17) is 9.84 Å². The van der Waals surface area contributed by atoms with Crippen molar-refractivity contribution in [3.05, 3.63) is 30.1 Å². The molecule has 0 saturated carbocycles. The van der Waals surface area contributed by atoms with Gasteiger partial charge in [0, 0.05) is 20.1 Å². The number of likely N-dealkylation sites (N-methyl/N-ethyl adjacent to an activating group) is 1. The Morgan fingerprint density at radius 3 is 2.73 bits per heavy atom. The Balaban J connectivity index is 1.90. The number of benzene rings is 1. The van der Waals surface area contributed by atoms with Crippen molar-refractivity contribution in [3.8, 4) is 5.75 Å². The lowest BCUT2D eigenvalue weighted by molar-refractivity contribution is -0.148. The number of carboxylic acids is 1. The van der Waals surface area contributed by atoms with Crippen LogP contribution in [0.15, 0.2) is 24.3 Å². The third kappa shape index (κ3) is 4.93. The van der Waals surface area contributed by atoms with Gasteiger partial charge in [0.1, 0.15) is 0 Å². The van der Waals surface area contributed by atoms with Crippen molar-refractivity contribution < 1.29 is 28.6 Å². The lowest BCUT2D eigenvalue weighted by atomic mass is 9.98. The molecule has 1 aromatic carbocycles. The van der Waals surface area contributed by atoms with Crippen LogP contribution in [0.25, 0.3) is 0 Å². The van der Waals surface area contributed by atoms with E-state index >= 15 is 0 Å². The maximum Gasteiger partial charge on any atom is 0.308 e. The smallest absolute Gasteiger partial charge is 0.308 e. The number of hydrogen-bond acceptors (Lipinski definition) is 4. The van der Waals surface area contributed by atoms with Crippen LogP contribution in [-0.4, -0.2) is 65.5 Å². The monoisotopic (exact) mass is 366 g/mol. The molecular formula is C18H23FN2O5. The van der Waals surface area contributed by atoms with Gasteiger partial charge in [0.05, 0.1) is 12.5 Å². The van der Waals surface area contributed by atoms with E-state index in [2.05, 4.69) is 0 Å². The molecule has 142 valence electrons. The number of amides is 2.